The molecule has 1 unspecified atom stereocenters. The molecular formula is C26H24FNO3. The molecule has 1 N–H and O–H groups in total. The van der Waals surface area contributed by atoms with Crippen molar-refractivity contribution in [2.24, 2.45) is 0 Å². The zero-order chi connectivity index (χ0) is 22.0. The van der Waals surface area contributed by atoms with Crippen LogP contribution in [-0.2, 0) is 9.59 Å². The third-order valence-corrected chi connectivity index (χ3v) is 5.77. The highest BCUT2D eigenvalue weighted by Crippen LogP contribution is 2.40. The largest absolute Gasteiger partial charge is 0.507 e. The van der Waals surface area contributed by atoms with Crippen LogP contribution in [0.15, 0.2) is 72.3 Å². The van der Waals surface area contributed by atoms with E-state index in [2.05, 4.69) is 0 Å². The van der Waals surface area contributed by atoms with E-state index in [-0.39, 0.29) is 16.9 Å². The molecule has 0 bridgehead atoms. The summed E-state index contributed by atoms with van der Waals surface area (Å²) >= 11 is 0. The Hall–Kier alpha value is -3.47. The van der Waals surface area contributed by atoms with Crippen molar-refractivity contribution in [3.63, 3.8) is 0 Å². The van der Waals surface area contributed by atoms with Crippen LogP contribution in [0.25, 0.3) is 16.5 Å². The Balaban J connectivity index is 1.86. The minimum atomic E-state index is -0.954. The Labute approximate surface area is 180 Å². The second-order valence-corrected chi connectivity index (χ2v) is 7.78. The predicted molar refractivity (Wildman–Crippen MR) is 119 cm³/mol. The van der Waals surface area contributed by atoms with Gasteiger partial charge in [0.2, 0.25) is 0 Å². The minimum Gasteiger partial charge on any atom is -0.507 e. The van der Waals surface area contributed by atoms with E-state index in [1.165, 1.54) is 11.0 Å². The maximum Gasteiger partial charge on any atom is 0.295 e. The summed E-state index contributed by atoms with van der Waals surface area (Å²) in [6, 6.07) is 18.1. The van der Waals surface area contributed by atoms with E-state index in [4.69, 9.17) is 0 Å². The summed E-state index contributed by atoms with van der Waals surface area (Å²) in [5.41, 5.74) is 0.564. The molecule has 5 heteroatoms. The van der Waals surface area contributed by atoms with Gasteiger partial charge in [-0.3, -0.25) is 9.59 Å². The van der Waals surface area contributed by atoms with Crippen molar-refractivity contribution < 1.29 is 19.1 Å². The highest BCUT2D eigenvalue weighted by Gasteiger charge is 2.46. The standard InChI is InChI=1S/C26H24FNO3/c1-2-3-8-15-28-23(20-11-6-7-12-21(20)27)22(25(30)26(28)31)24(29)19-14-13-17-9-4-5-10-18(17)16-19/h4-7,9-14,16,23,29H,2-3,8,15H2,1H3/b24-22+. The number of aliphatic hydroxyl groups excluding tert-OH is 1. The number of rotatable bonds is 6. The van der Waals surface area contributed by atoms with Crippen molar-refractivity contribution in [2.45, 2.75) is 32.2 Å². The van der Waals surface area contributed by atoms with Gasteiger partial charge in [-0.1, -0.05) is 74.4 Å². The number of halogens is 1. The van der Waals surface area contributed by atoms with Crippen molar-refractivity contribution in [3.05, 3.63) is 89.2 Å². The molecule has 3 aromatic rings. The van der Waals surface area contributed by atoms with Gasteiger partial charge in [-0.2, -0.15) is 0 Å². The van der Waals surface area contributed by atoms with Crippen LogP contribution in [0, 0.1) is 5.82 Å². The molecule has 31 heavy (non-hydrogen) atoms. The first-order chi connectivity index (χ1) is 15.0. The number of unbranched alkanes of at least 4 members (excludes halogenated alkanes) is 2. The number of likely N-dealkylation sites (tertiary alicyclic amines) is 1. The van der Waals surface area contributed by atoms with E-state index >= 15 is 0 Å². The molecule has 0 saturated carbocycles. The molecule has 0 spiro atoms. The lowest BCUT2D eigenvalue weighted by Crippen LogP contribution is -2.31. The van der Waals surface area contributed by atoms with Crippen LogP contribution in [0.3, 0.4) is 0 Å². The number of nitrogens with zero attached hydrogens (tertiary/aromatic N) is 1. The van der Waals surface area contributed by atoms with Crippen molar-refractivity contribution in [1.82, 2.24) is 4.90 Å². The minimum absolute atomic E-state index is 0.0677. The first-order valence-corrected chi connectivity index (χ1v) is 10.5. The lowest BCUT2D eigenvalue weighted by Gasteiger charge is -2.25. The number of ketones is 1. The maximum atomic E-state index is 14.8. The zero-order valence-electron chi connectivity index (χ0n) is 17.3. The van der Waals surface area contributed by atoms with E-state index in [0.717, 1.165) is 23.6 Å². The van der Waals surface area contributed by atoms with Gasteiger partial charge in [0.05, 0.1) is 11.6 Å². The Morgan fingerprint density at radius 1 is 0.968 bits per heavy atom. The second kappa shape index (κ2) is 8.72. The van der Waals surface area contributed by atoms with E-state index in [0.29, 0.717) is 18.5 Å². The SMILES string of the molecule is CCCCCN1C(=O)C(=O)/C(=C(/O)c2ccc3ccccc3c2)C1c1ccccc1F. The molecule has 1 heterocycles. The Kier molecular flexibility index (Phi) is 5.85. The normalized spacial score (nSPS) is 18.1. The summed E-state index contributed by atoms with van der Waals surface area (Å²) < 4.78 is 14.8. The average molecular weight is 417 g/mol. The van der Waals surface area contributed by atoms with Gasteiger partial charge in [-0.25, -0.2) is 4.39 Å². The number of carbonyl (C=O) groups is 2. The monoisotopic (exact) mass is 417 g/mol. The predicted octanol–water partition coefficient (Wildman–Crippen LogP) is 5.59. The average Bonchev–Trinajstić information content (AvgIpc) is 3.03. The Morgan fingerprint density at radius 2 is 1.68 bits per heavy atom. The molecule has 0 aromatic heterocycles. The number of aliphatic hydroxyl groups is 1. The molecule has 4 nitrogen and oxygen atoms in total. The van der Waals surface area contributed by atoms with Crippen LogP contribution >= 0.6 is 0 Å². The molecule has 158 valence electrons. The second-order valence-electron chi connectivity index (χ2n) is 7.78. The third-order valence-electron chi connectivity index (χ3n) is 5.77. The molecular weight excluding hydrogens is 393 g/mol. The zero-order valence-corrected chi connectivity index (χ0v) is 17.3. The quantitative estimate of drug-likeness (QED) is 0.246. The molecule has 1 fully saturated rings. The topological polar surface area (TPSA) is 57.6 Å². The van der Waals surface area contributed by atoms with Gasteiger partial charge in [-0.15, -0.1) is 0 Å². The van der Waals surface area contributed by atoms with Crippen LogP contribution in [0.4, 0.5) is 4.39 Å². The molecule has 0 aliphatic carbocycles. The number of amides is 1. The number of hydrogen-bond donors (Lipinski definition) is 1. The van der Waals surface area contributed by atoms with Crippen LogP contribution in [-0.4, -0.2) is 28.2 Å². The molecule has 1 amide bonds. The van der Waals surface area contributed by atoms with Gasteiger partial charge < -0.3 is 10.0 Å². The number of benzene rings is 3. The van der Waals surface area contributed by atoms with Gasteiger partial charge in [0.25, 0.3) is 11.7 Å². The number of hydrogen-bond acceptors (Lipinski definition) is 3. The summed E-state index contributed by atoms with van der Waals surface area (Å²) in [5, 5.41) is 13.0. The first-order valence-electron chi connectivity index (χ1n) is 10.5. The molecule has 0 radical (unpaired) electrons. The molecule has 1 aliphatic heterocycles. The van der Waals surface area contributed by atoms with Crippen LogP contribution in [0.2, 0.25) is 0 Å². The summed E-state index contributed by atoms with van der Waals surface area (Å²) in [5.74, 6) is -2.28. The van der Waals surface area contributed by atoms with E-state index < -0.39 is 23.5 Å². The lowest BCUT2D eigenvalue weighted by atomic mass is 9.94. The molecule has 1 saturated heterocycles. The van der Waals surface area contributed by atoms with Crippen molar-refractivity contribution in [1.29, 1.82) is 0 Å². The summed E-state index contributed by atoms with van der Waals surface area (Å²) in [6.45, 7) is 2.37. The van der Waals surface area contributed by atoms with Crippen molar-refractivity contribution in [3.8, 4) is 0 Å². The van der Waals surface area contributed by atoms with E-state index in [9.17, 15) is 19.1 Å². The number of carbonyl (C=O) groups excluding carboxylic acids is 2. The number of fused-ring (bicyclic) bond motifs is 1. The third kappa shape index (κ3) is 3.83. The van der Waals surface area contributed by atoms with Crippen LogP contribution in [0.1, 0.15) is 43.4 Å². The molecule has 1 atom stereocenters. The smallest absolute Gasteiger partial charge is 0.295 e. The van der Waals surface area contributed by atoms with Crippen molar-refractivity contribution >= 4 is 28.2 Å². The Morgan fingerprint density at radius 3 is 2.42 bits per heavy atom. The lowest BCUT2D eigenvalue weighted by molar-refractivity contribution is -0.139. The van der Waals surface area contributed by atoms with E-state index in [1.807, 2.05) is 37.3 Å². The van der Waals surface area contributed by atoms with Crippen molar-refractivity contribution in [2.75, 3.05) is 6.54 Å². The fourth-order valence-electron chi connectivity index (χ4n) is 4.16. The summed E-state index contributed by atoms with van der Waals surface area (Å²) in [6.07, 6.45) is 2.54. The maximum absolute atomic E-state index is 14.8. The fraction of sp³-hybridized carbons (Fsp3) is 0.231. The van der Waals surface area contributed by atoms with Crippen LogP contribution < -0.4 is 0 Å². The van der Waals surface area contributed by atoms with Gasteiger partial charge in [0, 0.05) is 17.7 Å². The fourth-order valence-corrected chi connectivity index (χ4v) is 4.16. The van der Waals surface area contributed by atoms with Gasteiger partial charge in [0.15, 0.2) is 0 Å². The van der Waals surface area contributed by atoms with Gasteiger partial charge in [-0.05, 0) is 29.3 Å². The molecule has 4 rings (SSSR count). The molecule has 1 aliphatic rings. The highest BCUT2D eigenvalue weighted by atomic mass is 19.1. The summed E-state index contributed by atoms with van der Waals surface area (Å²) in [4.78, 5) is 27.2. The molecule has 3 aromatic carbocycles. The van der Waals surface area contributed by atoms with Gasteiger partial charge >= 0.3 is 0 Å². The Bertz CT molecular complexity index is 1180. The highest BCUT2D eigenvalue weighted by molar-refractivity contribution is 6.46. The van der Waals surface area contributed by atoms with E-state index in [1.54, 1.807) is 30.3 Å². The number of Topliss-reactive ketones (excluding diaryl/α,β-unsaturated/α-hetero) is 1. The van der Waals surface area contributed by atoms with Gasteiger partial charge in [0.1, 0.15) is 11.6 Å². The first kappa shape index (κ1) is 20.8. The summed E-state index contributed by atoms with van der Waals surface area (Å²) in [7, 11) is 0. The van der Waals surface area contributed by atoms with Crippen LogP contribution in [0.5, 0.6) is 0 Å².